The average Bonchev–Trinajstić information content (AvgIpc) is 2.55. The highest BCUT2D eigenvalue weighted by molar-refractivity contribution is 6.04. The van der Waals surface area contributed by atoms with Gasteiger partial charge in [0, 0.05) is 7.05 Å². The van der Waals surface area contributed by atoms with E-state index in [0.717, 1.165) is 0 Å². The predicted octanol–water partition coefficient (Wildman–Crippen LogP) is 2.72. The fourth-order valence-electron chi connectivity index (χ4n) is 2.18. The molecule has 0 aromatic heterocycles. The molecule has 0 saturated carbocycles. The molecule has 1 atom stereocenters. The van der Waals surface area contributed by atoms with Gasteiger partial charge in [-0.25, -0.2) is 4.79 Å². The van der Waals surface area contributed by atoms with E-state index < -0.39 is 17.9 Å². The summed E-state index contributed by atoms with van der Waals surface area (Å²) < 4.78 is 0. The van der Waals surface area contributed by atoms with Gasteiger partial charge in [-0.15, -0.1) is 0 Å². The van der Waals surface area contributed by atoms with Crippen molar-refractivity contribution >= 4 is 11.9 Å². The first-order valence-corrected chi connectivity index (χ1v) is 6.60. The number of carbonyl (C=O) groups excluding carboxylic acids is 1. The van der Waals surface area contributed by atoms with Crippen LogP contribution in [-0.2, 0) is 0 Å². The van der Waals surface area contributed by atoms with Crippen LogP contribution in [0.2, 0.25) is 0 Å². The van der Waals surface area contributed by atoms with E-state index in [0.29, 0.717) is 5.56 Å². The zero-order valence-electron chi connectivity index (χ0n) is 11.9. The number of amides is 1. The number of benzene rings is 2. The van der Waals surface area contributed by atoms with Crippen LogP contribution in [0.3, 0.4) is 0 Å². The molecular weight excluding hydrogens is 280 g/mol. The van der Waals surface area contributed by atoms with Gasteiger partial charge in [0.1, 0.15) is 6.04 Å². The summed E-state index contributed by atoms with van der Waals surface area (Å²) in [5, 5.41) is 18.5. The zero-order chi connectivity index (χ0) is 16.1. The van der Waals surface area contributed by atoms with Crippen molar-refractivity contribution in [2.45, 2.75) is 6.04 Å². The fraction of sp³-hybridized carbons (Fsp3) is 0.118. The molecule has 0 aliphatic heterocycles. The van der Waals surface area contributed by atoms with Gasteiger partial charge < -0.3 is 10.0 Å². The Morgan fingerprint density at radius 3 is 2.14 bits per heavy atom. The molecule has 2 aromatic carbocycles. The standard InChI is InChI=1S/C17H14N2O3/c1-19(15(11-18)12-7-3-2-4-8-12)16(20)13-9-5-6-10-14(13)17(21)22/h2-10,15H,1H3,(H,21,22). The highest BCUT2D eigenvalue weighted by atomic mass is 16.4. The maximum absolute atomic E-state index is 12.6. The van der Waals surface area contributed by atoms with E-state index in [2.05, 4.69) is 6.07 Å². The number of hydrogen-bond acceptors (Lipinski definition) is 3. The van der Waals surface area contributed by atoms with Gasteiger partial charge >= 0.3 is 5.97 Å². The molecule has 0 saturated heterocycles. The van der Waals surface area contributed by atoms with Crippen LogP contribution >= 0.6 is 0 Å². The molecule has 110 valence electrons. The smallest absolute Gasteiger partial charge is 0.336 e. The Hall–Kier alpha value is -3.13. The number of carbonyl (C=O) groups is 2. The summed E-state index contributed by atoms with van der Waals surface area (Å²) in [4.78, 5) is 25.0. The molecule has 0 heterocycles. The van der Waals surface area contributed by atoms with Gasteiger partial charge in [0.05, 0.1) is 17.2 Å². The van der Waals surface area contributed by atoms with Gasteiger partial charge in [0.15, 0.2) is 0 Å². The van der Waals surface area contributed by atoms with Crippen LogP contribution in [0.5, 0.6) is 0 Å². The number of carboxylic acids is 1. The van der Waals surface area contributed by atoms with Crippen LogP contribution in [0.15, 0.2) is 54.6 Å². The maximum Gasteiger partial charge on any atom is 0.336 e. The number of hydrogen-bond donors (Lipinski definition) is 1. The Morgan fingerprint density at radius 2 is 1.59 bits per heavy atom. The van der Waals surface area contributed by atoms with Crippen molar-refractivity contribution in [3.8, 4) is 6.07 Å². The molecular formula is C17H14N2O3. The second-order valence-corrected chi connectivity index (χ2v) is 4.71. The van der Waals surface area contributed by atoms with Crippen molar-refractivity contribution < 1.29 is 14.7 Å². The molecule has 0 aliphatic carbocycles. The summed E-state index contributed by atoms with van der Waals surface area (Å²) in [6, 6.07) is 16.1. The Bertz CT molecular complexity index is 735. The molecule has 1 amide bonds. The molecule has 1 N–H and O–H groups in total. The molecule has 0 bridgehead atoms. The summed E-state index contributed by atoms with van der Waals surface area (Å²) in [5.41, 5.74) is 0.659. The summed E-state index contributed by atoms with van der Waals surface area (Å²) in [6.45, 7) is 0. The SMILES string of the molecule is CN(C(=O)c1ccccc1C(=O)O)C(C#N)c1ccccc1. The summed E-state index contributed by atoms with van der Waals surface area (Å²) in [6.07, 6.45) is 0. The first-order valence-electron chi connectivity index (χ1n) is 6.60. The normalized spacial score (nSPS) is 11.3. The van der Waals surface area contributed by atoms with Crippen LogP contribution in [0.4, 0.5) is 0 Å². The second kappa shape index (κ2) is 6.55. The van der Waals surface area contributed by atoms with Crippen LogP contribution < -0.4 is 0 Å². The van der Waals surface area contributed by atoms with E-state index in [4.69, 9.17) is 0 Å². The molecule has 0 aliphatic rings. The van der Waals surface area contributed by atoms with Gasteiger partial charge in [-0.05, 0) is 17.7 Å². The van der Waals surface area contributed by atoms with Gasteiger partial charge in [-0.1, -0.05) is 42.5 Å². The maximum atomic E-state index is 12.6. The van der Waals surface area contributed by atoms with E-state index in [9.17, 15) is 20.0 Å². The molecule has 22 heavy (non-hydrogen) atoms. The third-order valence-electron chi connectivity index (χ3n) is 3.33. The first-order chi connectivity index (χ1) is 10.6. The fourth-order valence-corrected chi connectivity index (χ4v) is 2.18. The van der Waals surface area contributed by atoms with Crippen molar-refractivity contribution in [3.05, 3.63) is 71.3 Å². The molecule has 0 spiro atoms. The minimum absolute atomic E-state index is 0.0636. The molecule has 5 heteroatoms. The van der Waals surface area contributed by atoms with Crippen LogP contribution in [0.1, 0.15) is 32.3 Å². The highest BCUT2D eigenvalue weighted by Gasteiger charge is 2.25. The molecule has 1 unspecified atom stereocenters. The number of carboxylic acid groups (broad SMARTS) is 1. The van der Waals surface area contributed by atoms with E-state index in [1.807, 2.05) is 6.07 Å². The van der Waals surface area contributed by atoms with Crippen LogP contribution in [-0.4, -0.2) is 28.9 Å². The van der Waals surface area contributed by atoms with E-state index in [1.165, 1.54) is 24.1 Å². The van der Waals surface area contributed by atoms with Gasteiger partial charge in [0.25, 0.3) is 5.91 Å². The number of rotatable bonds is 4. The lowest BCUT2D eigenvalue weighted by atomic mass is 10.0. The van der Waals surface area contributed by atoms with Gasteiger partial charge in [0.2, 0.25) is 0 Å². The average molecular weight is 294 g/mol. The summed E-state index contributed by atoms with van der Waals surface area (Å²) >= 11 is 0. The molecule has 2 aromatic rings. The van der Waals surface area contributed by atoms with Crippen LogP contribution in [0, 0.1) is 11.3 Å². The summed E-state index contributed by atoms with van der Waals surface area (Å²) in [5.74, 6) is -1.68. The van der Waals surface area contributed by atoms with E-state index in [-0.39, 0.29) is 11.1 Å². The van der Waals surface area contributed by atoms with Gasteiger partial charge in [-0.3, -0.25) is 4.79 Å². The monoisotopic (exact) mass is 294 g/mol. The summed E-state index contributed by atoms with van der Waals surface area (Å²) in [7, 11) is 1.49. The minimum Gasteiger partial charge on any atom is -0.478 e. The minimum atomic E-state index is -1.18. The Morgan fingerprint density at radius 1 is 1.05 bits per heavy atom. The first kappa shape index (κ1) is 15.3. The van der Waals surface area contributed by atoms with E-state index in [1.54, 1.807) is 36.4 Å². The van der Waals surface area contributed by atoms with Gasteiger partial charge in [-0.2, -0.15) is 5.26 Å². The lowest BCUT2D eigenvalue weighted by Crippen LogP contribution is -2.31. The van der Waals surface area contributed by atoms with E-state index >= 15 is 0 Å². The van der Waals surface area contributed by atoms with Crippen molar-refractivity contribution in [1.29, 1.82) is 5.26 Å². The number of nitrogens with zero attached hydrogens (tertiary/aromatic N) is 2. The zero-order valence-corrected chi connectivity index (χ0v) is 11.9. The Kier molecular flexibility index (Phi) is 4.54. The largest absolute Gasteiger partial charge is 0.478 e. The van der Waals surface area contributed by atoms with Crippen molar-refractivity contribution in [2.24, 2.45) is 0 Å². The van der Waals surface area contributed by atoms with Crippen molar-refractivity contribution in [1.82, 2.24) is 4.90 Å². The second-order valence-electron chi connectivity index (χ2n) is 4.71. The lowest BCUT2D eigenvalue weighted by Gasteiger charge is -2.23. The Labute approximate surface area is 128 Å². The van der Waals surface area contributed by atoms with Crippen LogP contribution in [0.25, 0.3) is 0 Å². The molecule has 5 nitrogen and oxygen atoms in total. The molecule has 2 rings (SSSR count). The van der Waals surface area contributed by atoms with Crippen molar-refractivity contribution in [2.75, 3.05) is 7.05 Å². The number of aromatic carboxylic acids is 1. The predicted molar refractivity (Wildman–Crippen MR) is 80.3 cm³/mol. The third-order valence-corrected chi connectivity index (χ3v) is 3.33. The highest BCUT2D eigenvalue weighted by Crippen LogP contribution is 2.21. The third kappa shape index (κ3) is 2.96. The number of nitriles is 1. The van der Waals surface area contributed by atoms with Crippen molar-refractivity contribution in [3.63, 3.8) is 0 Å². The Balaban J connectivity index is 2.37. The topological polar surface area (TPSA) is 81.4 Å². The molecule has 0 radical (unpaired) electrons. The molecule has 0 fully saturated rings. The lowest BCUT2D eigenvalue weighted by molar-refractivity contribution is 0.0676. The quantitative estimate of drug-likeness (QED) is 0.940.